The number of rotatable bonds is 4. The molecule has 1 saturated heterocycles. The van der Waals surface area contributed by atoms with E-state index in [1.165, 1.54) is 12.1 Å². The first-order valence-corrected chi connectivity index (χ1v) is 8.61. The third kappa shape index (κ3) is 4.45. The SMILES string of the molecule is Oc1ccc(Br)cc1CN1CCC(Nc2cccc(F)c2)CC1. The number of phenols is 1. The van der Waals surface area contributed by atoms with Crippen molar-refractivity contribution in [3.8, 4) is 5.75 Å². The summed E-state index contributed by atoms with van der Waals surface area (Å²) >= 11 is 3.44. The molecule has 2 N–H and O–H groups in total. The van der Waals surface area contributed by atoms with Gasteiger partial charge in [-0.25, -0.2) is 4.39 Å². The second kappa shape index (κ2) is 7.32. The number of anilines is 1. The number of nitrogens with one attached hydrogen (secondary N) is 1. The van der Waals surface area contributed by atoms with Crippen LogP contribution in [0.25, 0.3) is 0 Å². The second-order valence-corrected chi connectivity index (χ2v) is 6.89. The molecule has 1 aliphatic heterocycles. The highest BCUT2D eigenvalue weighted by atomic mass is 79.9. The quantitative estimate of drug-likeness (QED) is 0.828. The van der Waals surface area contributed by atoms with E-state index in [0.717, 1.165) is 48.2 Å². The average Bonchev–Trinajstić information content (AvgIpc) is 2.53. The van der Waals surface area contributed by atoms with Crippen LogP contribution in [0.4, 0.5) is 10.1 Å². The van der Waals surface area contributed by atoms with Crippen molar-refractivity contribution in [1.29, 1.82) is 0 Å². The number of phenolic OH excluding ortho intramolecular Hbond substituents is 1. The Labute approximate surface area is 144 Å². The smallest absolute Gasteiger partial charge is 0.125 e. The van der Waals surface area contributed by atoms with Crippen LogP contribution in [0, 0.1) is 5.82 Å². The van der Waals surface area contributed by atoms with Gasteiger partial charge in [0.2, 0.25) is 0 Å². The maximum Gasteiger partial charge on any atom is 0.125 e. The first-order chi connectivity index (χ1) is 11.1. The number of hydrogen-bond acceptors (Lipinski definition) is 3. The lowest BCUT2D eigenvalue weighted by Crippen LogP contribution is -2.38. The lowest BCUT2D eigenvalue weighted by molar-refractivity contribution is 0.209. The van der Waals surface area contributed by atoms with Gasteiger partial charge in [0, 0.05) is 41.4 Å². The molecule has 23 heavy (non-hydrogen) atoms. The number of nitrogens with zero attached hydrogens (tertiary/aromatic N) is 1. The third-order valence-corrected chi connectivity index (χ3v) is 4.71. The van der Waals surface area contributed by atoms with Crippen LogP contribution in [0.2, 0.25) is 0 Å². The highest BCUT2D eigenvalue weighted by Crippen LogP contribution is 2.25. The van der Waals surface area contributed by atoms with E-state index in [-0.39, 0.29) is 5.82 Å². The fourth-order valence-corrected chi connectivity index (χ4v) is 3.38. The van der Waals surface area contributed by atoms with E-state index in [4.69, 9.17) is 0 Å². The van der Waals surface area contributed by atoms with Crippen LogP contribution in [-0.2, 0) is 6.54 Å². The van der Waals surface area contributed by atoms with Crippen molar-refractivity contribution in [2.24, 2.45) is 0 Å². The van der Waals surface area contributed by atoms with E-state index < -0.39 is 0 Å². The predicted octanol–water partition coefficient (Wildman–Crippen LogP) is 4.37. The van der Waals surface area contributed by atoms with Gasteiger partial charge < -0.3 is 10.4 Å². The Kier molecular flexibility index (Phi) is 5.18. The molecule has 3 nitrogen and oxygen atoms in total. The zero-order valence-corrected chi connectivity index (χ0v) is 14.4. The van der Waals surface area contributed by atoms with Gasteiger partial charge >= 0.3 is 0 Å². The summed E-state index contributed by atoms with van der Waals surface area (Å²) in [7, 11) is 0. The molecule has 0 aromatic heterocycles. The Morgan fingerprint density at radius 2 is 1.96 bits per heavy atom. The Morgan fingerprint density at radius 1 is 1.17 bits per heavy atom. The van der Waals surface area contributed by atoms with Gasteiger partial charge in [-0.15, -0.1) is 0 Å². The third-order valence-electron chi connectivity index (χ3n) is 4.22. The molecule has 1 fully saturated rings. The summed E-state index contributed by atoms with van der Waals surface area (Å²) in [4.78, 5) is 2.34. The Hall–Kier alpha value is -1.59. The number of benzene rings is 2. The largest absolute Gasteiger partial charge is 0.508 e. The predicted molar refractivity (Wildman–Crippen MR) is 94.1 cm³/mol. The van der Waals surface area contributed by atoms with Gasteiger partial charge in [-0.3, -0.25) is 4.90 Å². The minimum Gasteiger partial charge on any atom is -0.508 e. The number of halogens is 2. The molecular weight excluding hydrogens is 359 g/mol. The molecule has 3 rings (SSSR count). The highest BCUT2D eigenvalue weighted by Gasteiger charge is 2.20. The van der Waals surface area contributed by atoms with Crippen molar-refractivity contribution in [1.82, 2.24) is 4.90 Å². The summed E-state index contributed by atoms with van der Waals surface area (Å²) in [6, 6.07) is 12.5. The summed E-state index contributed by atoms with van der Waals surface area (Å²) < 4.78 is 14.2. The normalized spacial score (nSPS) is 16.4. The van der Waals surface area contributed by atoms with E-state index in [1.807, 2.05) is 18.2 Å². The monoisotopic (exact) mass is 378 g/mol. The number of aromatic hydroxyl groups is 1. The van der Waals surface area contributed by atoms with Crippen LogP contribution in [0.15, 0.2) is 46.9 Å². The standard InChI is InChI=1S/C18H20BrFN2O/c19-14-4-5-18(23)13(10-14)12-22-8-6-16(7-9-22)21-17-3-1-2-15(20)11-17/h1-5,10-11,16,21,23H,6-9,12H2. The van der Waals surface area contributed by atoms with Gasteiger partial charge in [-0.2, -0.15) is 0 Å². The molecule has 0 radical (unpaired) electrons. The lowest BCUT2D eigenvalue weighted by atomic mass is 10.0. The van der Waals surface area contributed by atoms with Crippen LogP contribution in [0.3, 0.4) is 0 Å². The van der Waals surface area contributed by atoms with Crippen molar-refractivity contribution in [2.75, 3.05) is 18.4 Å². The molecule has 0 bridgehead atoms. The molecule has 2 aromatic carbocycles. The van der Waals surface area contributed by atoms with E-state index >= 15 is 0 Å². The van der Waals surface area contributed by atoms with E-state index in [1.54, 1.807) is 12.1 Å². The molecule has 1 aliphatic rings. The Bertz CT molecular complexity index is 672. The molecule has 0 spiro atoms. The summed E-state index contributed by atoms with van der Waals surface area (Å²) in [5, 5.41) is 13.3. The molecule has 0 saturated carbocycles. The number of piperidine rings is 1. The van der Waals surface area contributed by atoms with Crippen LogP contribution in [0.5, 0.6) is 5.75 Å². The molecule has 0 aliphatic carbocycles. The van der Waals surface area contributed by atoms with Gasteiger partial charge in [0.05, 0.1) is 0 Å². The van der Waals surface area contributed by atoms with E-state index in [2.05, 4.69) is 26.1 Å². The van der Waals surface area contributed by atoms with Crippen LogP contribution < -0.4 is 5.32 Å². The molecule has 2 aromatic rings. The summed E-state index contributed by atoms with van der Waals surface area (Å²) in [5.41, 5.74) is 1.78. The minimum absolute atomic E-state index is 0.211. The number of hydrogen-bond donors (Lipinski definition) is 2. The zero-order valence-electron chi connectivity index (χ0n) is 12.8. The first-order valence-electron chi connectivity index (χ1n) is 7.82. The molecular formula is C18H20BrFN2O. The molecule has 0 amide bonds. The van der Waals surface area contributed by atoms with Crippen molar-refractivity contribution in [3.63, 3.8) is 0 Å². The summed E-state index contributed by atoms with van der Waals surface area (Å²) in [5.74, 6) is 0.130. The lowest BCUT2D eigenvalue weighted by Gasteiger charge is -2.33. The Morgan fingerprint density at radius 3 is 2.70 bits per heavy atom. The Balaban J connectivity index is 1.53. The van der Waals surface area contributed by atoms with Crippen molar-refractivity contribution < 1.29 is 9.50 Å². The van der Waals surface area contributed by atoms with Crippen LogP contribution >= 0.6 is 15.9 Å². The van der Waals surface area contributed by atoms with Gasteiger partial charge in [0.15, 0.2) is 0 Å². The minimum atomic E-state index is -0.211. The van der Waals surface area contributed by atoms with Crippen molar-refractivity contribution >= 4 is 21.6 Å². The van der Waals surface area contributed by atoms with Crippen LogP contribution in [-0.4, -0.2) is 29.1 Å². The van der Waals surface area contributed by atoms with E-state index in [0.29, 0.717) is 11.8 Å². The van der Waals surface area contributed by atoms with Crippen molar-refractivity contribution in [2.45, 2.75) is 25.4 Å². The average molecular weight is 379 g/mol. The van der Waals surface area contributed by atoms with Gasteiger partial charge in [0.25, 0.3) is 0 Å². The molecule has 0 atom stereocenters. The summed E-state index contributed by atoms with van der Waals surface area (Å²) in [6.07, 6.45) is 2.01. The van der Waals surface area contributed by atoms with Gasteiger partial charge in [0.1, 0.15) is 11.6 Å². The van der Waals surface area contributed by atoms with E-state index in [9.17, 15) is 9.50 Å². The maximum absolute atomic E-state index is 13.2. The van der Waals surface area contributed by atoms with Crippen LogP contribution in [0.1, 0.15) is 18.4 Å². The fraction of sp³-hybridized carbons (Fsp3) is 0.333. The number of likely N-dealkylation sites (tertiary alicyclic amines) is 1. The van der Waals surface area contributed by atoms with Gasteiger partial charge in [-0.1, -0.05) is 22.0 Å². The maximum atomic E-state index is 13.2. The first kappa shape index (κ1) is 16.3. The topological polar surface area (TPSA) is 35.5 Å². The van der Waals surface area contributed by atoms with Crippen molar-refractivity contribution in [3.05, 3.63) is 58.3 Å². The molecule has 5 heteroatoms. The molecule has 1 heterocycles. The molecule has 122 valence electrons. The second-order valence-electron chi connectivity index (χ2n) is 5.98. The fourth-order valence-electron chi connectivity index (χ4n) is 2.97. The zero-order chi connectivity index (χ0) is 16.2. The van der Waals surface area contributed by atoms with Gasteiger partial charge in [-0.05, 0) is 49.2 Å². The summed E-state index contributed by atoms with van der Waals surface area (Å²) in [6.45, 7) is 2.66. The highest BCUT2D eigenvalue weighted by molar-refractivity contribution is 9.10. The molecule has 0 unspecified atom stereocenters.